The summed E-state index contributed by atoms with van der Waals surface area (Å²) in [5, 5.41) is 10.0. The lowest BCUT2D eigenvalue weighted by Crippen LogP contribution is -2.41. The molecular formula is C24H20F3N3O4S. The van der Waals surface area contributed by atoms with E-state index in [1.807, 2.05) is 6.07 Å². The van der Waals surface area contributed by atoms with Crippen LogP contribution in [0.15, 0.2) is 76.1 Å². The van der Waals surface area contributed by atoms with Crippen LogP contribution in [0.2, 0.25) is 0 Å². The van der Waals surface area contributed by atoms with E-state index in [-0.39, 0.29) is 27.6 Å². The maximum atomic E-state index is 13.4. The third-order valence-electron chi connectivity index (χ3n) is 5.19. The minimum absolute atomic E-state index is 0.145. The Morgan fingerprint density at radius 3 is 2.26 bits per heavy atom. The Hall–Kier alpha value is -3.91. The second-order valence-corrected chi connectivity index (χ2v) is 8.46. The number of thioether (sulfide) groups is 1. The predicted octanol–water partition coefficient (Wildman–Crippen LogP) is 4.50. The molecule has 1 atom stereocenters. The fraction of sp³-hybridized carbons (Fsp3) is 0.208. The molecule has 1 aliphatic rings. The van der Waals surface area contributed by atoms with E-state index < -0.39 is 40.8 Å². The average Bonchev–Trinajstić information content (AvgIpc) is 2.83. The Kier molecular flexibility index (Phi) is 7.45. The molecule has 11 heteroatoms. The Morgan fingerprint density at radius 2 is 1.71 bits per heavy atom. The van der Waals surface area contributed by atoms with Crippen LogP contribution in [0.3, 0.4) is 0 Å². The summed E-state index contributed by atoms with van der Waals surface area (Å²) in [7, 11) is 2.14. The fourth-order valence-electron chi connectivity index (χ4n) is 3.78. The number of hydrogen-bond acceptors (Lipinski definition) is 8. The van der Waals surface area contributed by atoms with Gasteiger partial charge in [0, 0.05) is 4.90 Å². The van der Waals surface area contributed by atoms with Gasteiger partial charge in [-0.3, -0.25) is 4.90 Å². The first kappa shape index (κ1) is 25.7. The van der Waals surface area contributed by atoms with Crippen LogP contribution in [0.25, 0.3) is 0 Å². The van der Waals surface area contributed by atoms with E-state index in [1.54, 1.807) is 37.3 Å². The minimum atomic E-state index is -4.66. The first-order chi connectivity index (χ1) is 16.5. The smallest absolute Gasteiger partial charge is 0.446 e. The van der Waals surface area contributed by atoms with Gasteiger partial charge in [0.2, 0.25) is 0 Å². The van der Waals surface area contributed by atoms with Crippen molar-refractivity contribution < 1.29 is 32.2 Å². The molecule has 2 N–H and O–H groups in total. The number of esters is 2. The molecule has 1 unspecified atom stereocenters. The number of aryl methyl sites for hydroxylation is 1. The van der Waals surface area contributed by atoms with Crippen molar-refractivity contribution >= 4 is 29.4 Å². The van der Waals surface area contributed by atoms with Crippen LogP contribution < -0.4 is 10.6 Å². The highest BCUT2D eigenvalue weighted by molar-refractivity contribution is 8.00. The van der Waals surface area contributed by atoms with Crippen LogP contribution in [0.1, 0.15) is 17.0 Å². The third-order valence-corrected chi connectivity index (χ3v) is 5.99. The van der Waals surface area contributed by atoms with Crippen molar-refractivity contribution in [1.29, 1.82) is 5.26 Å². The largest absolute Gasteiger partial charge is 0.466 e. The molecule has 0 aliphatic carbocycles. The van der Waals surface area contributed by atoms with Crippen LogP contribution in [0.5, 0.6) is 0 Å². The number of allylic oxidation sites excluding steroid dienone is 1. The van der Waals surface area contributed by atoms with Crippen LogP contribution in [0, 0.1) is 18.3 Å². The van der Waals surface area contributed by atoms with Crippen molar-refractivity contribution in [3.8, 4) is 6.07 Å². The lowest BCUT2D eigenvalue weighted by Gasteiger charge is -2.36. The van der Waals surface area contributed by atoms with Crippen molar-refractivity contribution in [3.63, 3.8) is 0 Å². The lowest BCUT2D eigenvalue weighted by atomic mass is 9.81. The van der Waals surface area contributed by atoms with Crippen LogP contribution in [0.4, 0.5) is 18.9 Å². The summed E-state index contributed by atoms with van der Waals surface area (Å²) in [6, 6.07) is 14.3. The van der Waals surface area contributed by atoms with Gasteiger partial charge in [0.05, 0.1) is 43.0 Å². The number of alkyl halides is 3. The van der Waals surface area contributed by atoms with Crippen LogP contribution >= 0.6 is 11.8 Å². The van der Waals surface area contributed by atoms with E-state index in [9.17, 15) is 28.0 Å². The molecule has 3 rings (SSSR count). The number of halogens is 3. The molecule has 0 radical (unpaired) electrons. The number of anilines is 1. The molecule has 182 valence electrons. The zero-order valence-electron chi connectivity index (χ0n) is 18.8. The quantitative estimate of drug-likeness (QED) is 0.470. The number of carbonyl (C=O) groups is 2. The van der Waals surface area contributed by atoms with E-state index in [2.05, 4.69) is 0 Å². The van der Waals surface area contributed by atoms with Gasteiger partial charge < -0.3 is 15.2 Å². The first-order valence-electron chi connectivity index (χ1n) is 10.1. The number of rotatable bonds is 5. The average molecular weight is 504 g/mol. The van der Waals surface area contributed by atoms with Crippen molar-refractivity contribution in [2.24, 2.45) is 5.73 Å². The SMILES string of the molecule is COC(=O)C1=C(C(=O)OC)N(c2cc(C)ccc2SC(F)(F)F)C(N)=C(C#N)C1c1ccccc1. The molecule has 2 aromatic carbocycles. The molecule has 0 amide bonds. The Bertz CT molecular complexity index is 1270. The minimum Gasteiger partial charge on any atom is -0.466 e. The maximum Gasteiger partial charge on any atom is 0.446 e. The van der Waals surface area contributed by atoms with E-state index in [0.717, 1.165) is 19.1 Å². The van der Waals surface area contributed by atoms with E-state index in [1.165, 1.54) is 18.2 Å². The van der Waals surface area contributed by atoms with E-state index in [4.69, 9.17) is 15.2 Å². The fourth-order valence-corrected chi connectivity index (χ4v) is 4.42. The second-order valence-electron chi connectivity index (χ2n) is 7.35. The van der Waals surface area contributed by atoms with Gasteiger partial charge in [0.15, 0.2) is 0 Å². The molecule has 1 heterocycles. The first-order valence-corrected chi connectivity index (χ1v) is 10.9. The van der Waals surface area contributed by atoms with Gasteiger partial charge in [0.1, 0.15) is 11.5 Å². The van der Waals surface area contributed by atoms with Crippen molar-refractivity contribution in [3.05, 3.63) is 82.3 Å². The summed E-state index contributed by atoms with van der Waals surface area (Å²) in [5.41, 5.74) is 1.66. The Balaban J connectivity index is 2.45. The van der Waals surface area contributed by atoms with E-state index >= 15 is 0 Å². The number of methoxy groups -OCH3 is 2. The Labute approximate surface area is 203 Å². The van der Waals surface area contributed by atoms with Gasteiger partial charge in [-0.2, -0.15) is 18.4 Å². The zero-order valence-corrected chi connectivity index (χ0v) is 19.7. The molecular weight excluding hydrogens is 483 g/mol. The number of nitriles is 1. The number of nitrogens with two attached hydrogens (primary N) is 1. The van der Waals surface area contributed by atoms with Crippen molar-refractivity contribution in [1.82, 2.24) is 0 Å². The maximum absolute atomic E-state index is 13.4. The van der Waals surface area contributed by atoms with Gasteiger partial charge in [-0.25, -0.2) is 9.59 Å². The molecule has 0 bridgehead atoms. The van der Waals surface area contributed by atoms with Gasteiger partial charge in [-0.15, -0.1) is 0 Å². The highest BCUT2D eigenvalue weighted by atomic mass is 32.2. The number of carbonyl (C=O) groups excluding carboxylic acids is 2. The molecule has 35 heavy (non-hydrogen) atoms. The van der Waals surface area contributed by atoms with Gasteiger partial charge in [0.25, 0.3) is 0 Å². The summed E-state index contributed by atoms with van der Waals surface area (Å²) in [6.07, 6.45) is 0. The topological polar surface area (TPSA) is 106 Å². The summed E-state index contributed by atoms with van der Waals surface area (Å²) < 4.78 is 49.9. The molecule has 2 aromatic rings. The van der Waals surface area contributed by atoms with Crippen LogP contribution in [-0.2, 0) is 19.1 Å². The van der Waals surface area contributed by atoms with Crippen LogP contribution in [-0.4, -0.2) is 31.7 Å². The van der Waals surface area contributed by atoms with E-state index in [0.29, 0.717) is 11.1 Å². The molecule has 0 saturated heterocycles. The summed E-state index contributed by atoms with van der Waals surface area (Å²) >= 11 is -0.419. The summed E-state index contributed by atoms with van der Waals surface area (Å²) in [4.78, 5) is 26.8. The van der Waals surface area contributed by atoms with Gasteiger partial charge in [-0.1, -0.05) is 36.4 Å². The highest BCUT2D eigenvalue weighted by Gasteiger charge is 2.44. The number of benzene rings is 2. The van der Waals surface area contributed by atoms with Gasteiger partial charge >= 0.3 is 17.4 Å². The van der Waals surface area contributed by atoms with Crippen molar-refractivity contribution in [2.75, 3.05) is 19.1 Å². The zero-order chi connectivity index (χ0) is 25.9. The summed E-state index contributed by atoms with van der Waals surface area (Å²) in [5.74, 6) is -3.45. The normalized spacial score (nSPS) is 16.1. The molecule has 7 nitrogen and oxygen atoms in total. The summed E-state index contributed by atoms with van der Waals surface area (Å²) in [6.45, 7) is 1.64. The standard InChI is InChI=1S/C24H20F3N3O4S/c1-13-9-10-17(35-24(25,26)27)16(11-13)30-20(23(32)34-3)19(22(31)33-2)18(15(12-28)21(30)29)14-7-5-4-6-8-14/h4-11,18H,29H2,1-3H3. The lowest BCUT2D eigenvalue weighted by molar-refractivity contribution is -0.139. The van der Waals surface area contributed by atoms with Crippen molar-refractivity contribution in [2.45, 2.75) is 23.2 Å². The number of ether oxygens (including phenoxy) is 2. The molecule has 0 saturated carbocycles. The number of hydrogen-bond donors (Lipinski definition) is 1. The van der Waals surface area contributed by atoms with Gasteiger partial charge in [-0.05, 0) is 41.9 Å². The third kappa shape index (κ3) is 5.12. The highest BCUT2D eigenvalue weighted by Crippen LogP contribution is 2.48. The Morgan fingerprint density at radius 1 is 1.09 bits per heavy atom. The molecule has 0 fully saturated rings. The molecule has 0 aromatic heterocycles. The monoisotopic (exact) mass is 503 g/mol. The second kappa shape index (κ2) is 10.1. The molecule has 1 aliphatic heterocycles. The number of nitrogens with zero attached hydrogens (tertiary/aromatic N) is 2. The molecule has 0 spiro atoms. The predicted molar refractivity (Wildman–Crippen MR) is 123 cm³/mol.